The summed E-state index contributed by atoms with van der Waals surface area (Å²) in [6, 6.07) is 10.2. The number of ether oxygens (including phenoxy) is 1. The van der Waals surface area contributed by atoms with Crippen LogP contribution in [-0.4, -0.2) is 29.8 Å². The maximum absolute atomic E-state index is 11.9. The number of imide groups is 1. The van der Waals surface area contributed by atoms with Gasteiger partial charge in [-0.05, 0) is 24.4 Å². The lowest BCUT2D eigenvalue weighted by Crippen LogP contribution is -2.42. The maximum atomic E-state index is 11.9. The zero-order chi connectivity index (χ0) is 17.7. The number of thioether (sulfide) groups is 1. The van der Waals surface area contributed by atoms with Gasteiger partial charge in [0.2, 0.25) is 0 Å². The van der Waals surface area contributed by atoms with Gasteiger partial charge in [0.15, 0.2) is 6.10 Å². The van der Waals surface area contributed by atoms with Crippen LogP contribution in [0.1, 0.15) is 6.92 Å². The molecule has 0 heterocycles. The highest BCUT2D eigenvalue weighted by Gasteiger charge is 2.19. The van der Waals surface area contributed by atoms with E-state index < -0.39 is 24.0 Å². The molecule has 0 aliphatic heterocycles. The molecule has 8 heteroatoms. The molecule has 3 N–H and O–H groups in total. The van der Waals surface area contributed by atoms with Gasteiger partial charge in [0, 0.05) is 15.3 Å². The number of rotatable bonds is 5. The van der Waals surface area contributed by atoms with E-state index in [0.717, 1.165) is 15.7 Å². The van der Waals surface area contributed by atoms with Crippen molar-refractivity contribution in [3.8, 4) is 0 Å². The number of halogens is 1. The van der Waals surface area contributed by atoms with Gasteiger partial charge in [-0.3, -0.25) is 14.9 Å². The lowest BCUT2D eigenvalue weighted by molar-refractivity contribution is -0.151. The summed E-state index contributed by atoms with van der Waals surface area (Å²) in [5, 5.41) is 4.28. The number of hydrogen-bond acceptors (Lipinski definition) is 5. The largest absolute Gasteiger partial charge is 0.452 e. The Morgan fingerprint density at radius 1 is 1.25 bits per heavy atom. The van der Waals surface area contributed by atoms with Crippen molar-refractivity contribution in [1.82, 2.24) is 5.32 Å². The molecule has 0 aliphatic rings. The van der Waals surface area contributed by atoms with Crippen LogP contribution in [0, 0.1) is 0 Å². The van der Waals surface area contributed by atoms with Crippen LogP contribution in [0.25, 0.3) is 10.8 Å². The molecule has 0 bridgehead atoms. The van der Waals surface area contributed by atoms with Crippen molar-refractivity contribution >= 4 is 52.0 Å². The number of amides is 3. The van der Waals surface area contributed by atoms with Crippen molar-refractivity contribution in [3.05, 3.63) is 41.4 Å². The summed E-state index contributed by atoms with van der Waals surface area (Å²) in [6.45, 7) is 1.36. The predicted molar refractivity (Wildman–Crippen MR) is 93.0 cm³/mol. The normalized spacial score (nSPS) is 11.8. The van der Waals surface area contributed by atoms with Crippen LogP contribution in [0.5, 0.6) is 0 Å². The Balaban J connectivity index is 2.00. The fourth-order valence-electron chi connectivity index (χ4n) is 2.03. The molecule has 1 atom stereocenters. The molecule has 0 saturated carbocycles. The van der Waals surface area contributed by atoms with Gasteiger partial charge in [0.05, 0.1) is 5.75 Å². The van der Waals surface area contributed by atoms with E-state index in [9.17, 15) is 14.4 Å². The van der Waals surface area contributed by atoms with Crippen LogP contribution in [0.2, 0.25) is 5.02 Å². The second-order valence-electron chi connectivity index (χ2n) is 4.87. The SMILES string of the molecule is C[C@@H](OC(=O)CSc1cccc2cccc(Cl)c12)C(=O)NC(N)=O. The Hall–Kier alpha value is -2.25. The standard InChI is InChI=1S/C16H15ClN2O4S/c1-9(15(21)19-16(18)22)23-13(20)8-24-12-7-3-5-10-4-2-6-11(17)14(10)12/h2-7,9H,8H2,1H3,(H3,18,19,21,22)/t9-/m1/s1. The first-order chi connectivity index (χ1) is 11.4. The molecule has 0 aromatic heterocycles. The van der Waals surface area contributed by atoms with Gasteiger partial charge >= 0.3 is 12.0 Å². The van der Waals surface area contributed by atoms with Crippen LogP contribution >= 0.6 is 23.4 Å². The van der Waals surface area contributed by atoms with E-state index in [1.807, 2.05) is 35.6 Å². The minimum absolute atomic E-state index is 0.00146. The van der Waals surface area contributed by atoms with Gasteiger partial charge in [-0.1, -0.05) is 35.9 Å². The average Bonchev–Trinajstić information content (AvgIpc) is 2.52. The highest BCUT2D eigenvalue weighted by molar-refractivity contribution is 8.00. The summed E-state index contributed by atoms with van der Waals surface area (Å²) < 4.78 is 4.96. The third-order valence-electron chi connectivity index (χ3n) is 3.08. The van der Waals surface area contributed by atoms with E-state index >= 15 is 0 Å². The molecule has 0 spiro atoms. The third kappa shape index (κ3) is 4.62. The quantitative estimate of drug-likeness (QED) is 0.626. The molecule has 0 aliphatic carbocycles. The third-order valence-corrected chi connectivity index (χ3v) is 4.43. The summed E-state index contributed by atoms with van der Waals surface area (Å²) in [5.41, 5.74) is 4.84. The van der Waals surface area contributed by atoms with Crippen LogP contribution < -0.4 is 11.1 Å². The average molecular weight is 367 g/mol. The summed E-state index contributed by atoms with van der Waals surface area (Å²) in [6.07, 6.45) is -1.11. The summed E-state index contributed by atoms with van der Waals surface area (Å²) in [4.78, 5) is 34.8. The minimum atomic E-state index is -1.11. The molecule has 126 valence electrons. The topological polar surface area (TPSA) is 98.5 Å². The van der Waals surface area contributed by atoms with E-state index in [2.05, 4.69) is 0 Å². The molecule has 0 unspecified atom stereocenters. The summed E-state index contributed by atoms with van der Waals surface area (Å²) in [5.74, 6) is -1.36. The molecule has 24 heavy (non-hydrogen) atoms. The van der Waals surface area contributed by atoms with Crippen molar-refractivity contribution in [2.75, 3.05) is 5.75 Å². The number of nitrogens with one attached hydrogen (secondary N) is 1. The van der Waals surface area contributed by atoms with E-state index in [4.69, 9.17) is 22.1 Å². The first-order valence-corrected chi connectivity index (χ1v) is 8.34. The number of fused-ring (bicyclic) bond motifs is 1. The highest BCUT2D eigenvalue weighted by Crippen LogP contribution is 2.33. The summed E-state index contributed by atoms with van der Waals surface area (Å²) in [7, 11) is 0. The Kier molecular flexibility index (Phi) is 6.05. The molecular formula is C16H15ClN2O4S. The first kappa shape index (κ1) is 18.1. The number of primary amides is 1. The molecule has 0 fully saturated rings. The van der Waals surface area contributed by atoms with Crippen molar-refractivity contribution in [2.45, 2.75) is 17.9 Å². The zero-order valence-electron chi connectivity index (χ0n) is 12.7. The van der Waals surface area contributed by atoms with Crippen molar-refractivity contribution in [3.63, 3.8) is 0 Å². The van der Waals surface area contributed by atoms with E-state index in [0.29, 0.717) is 5.02 Å². The maximum Gasteiger partial charge on any atom is 0.318 e. The Labute approximate surface area is 147 Å². The van der Waals surface area contributed by atoms with E-state index in [-0.39, 0.29) is 5.75 Å². The Morgan fingerprint density at radius 2 is 1.92 bits per heavy atom. The first-order valence-electron chi connectivity index (χ1n) is 6.98. The number of carbonyl (C=O) groups is 3. The molecule has 6 nitrogen and oxygen atoms in total. The fourth-order valence-corrected chi connectivity index (χ4v) is 3.25. The Morgan fingerprint density at radius 3 is 2.58 bits per heavy atom. The van der Waals surface area contributed by atoms with E-state index in [1.54, 1.807) is 6.07 Å². The monoisotopic (exact) mass is 366 g/mol. The number of benzene rings is 2. The number of urea groups is 1. The number of hydrogen-bond donors (Lipinski definition) is 2. The number of esters is 1. The molecule has 3 amide bonds. The molecule has 2 aromatic carbocycles. The van der Waals surface area contributed by atoms with Crippen LogP contribution in [0.4, 0.5) is 4.79 Å². The van der Waals surface area contributed by atoms with Gasteiger partial charge in [0.1, 0.15) is 0 Å². The van der Waals surface area contributed by atoms with Crippen molar-refractivity contribution in [2.24, 2.45) is 5.73 Å². The smallest absolute Gasteiger partial charge is 0.318 e. The summed E-state index contributed by atoms with van der Waals surface area (Å²) >= 11 is 7.48. The fraction of sp³-hybridized carbons (Fsp3) is 0.188. The highest BCUT2D eigenvalue weighted by atomic mass is 35.5. The Bertz CT molecular complexity index is 791. The van der Waals surface area contributed by atoms with Gasteiger partial charge < -0.3 is 10.5 Å². The minimum Gasteiger partial charge on any atom is -0.452 e. The van der Waals surface area contributed by atoms with Crippen LogP contribution in [-0.2, 0) is 14.3 Å². The second kappa shape index (κ2) is 8.03. The lowest BCUT2D eigenvalue weighted by Gasteiger charge is -2.12. The van der Waals surface area contributed by atoms with Gasteiger partial charge in [-0.2, -0.15) is 0 Å². The second-order valence-corrected chi connectivity index (χ2v) is 6.29. The number of carbonyl (C=O) groups excluding carboxylic acids is 3. The van der Waals surface area contributed by atoms with Crippen molar-refractivity contribution in [1.29, 1.82) is 0 Å². The van der Waals surface area contributed by atoms with Crippen molar-refractivity contribution < 1.29 is 19.1 Å². The molecule has 2 aromatic rings. The van der Waals surface area contributed by atoms with Crippen LogP contribution in [0.3, 0.4) is 0 Å². The predicted octanol–water partition coefficient (Wildman–Crippen LogP) is 2.71. The van der Waals surface area contributed by atoms with Gasteiger partial charge in [-0.25, -0.2) is 4.79 Å². The molecule has 0 saturated heterocycles. The van der Waals surface area contributed by atoms with E-state index in [1.165, 1.54) is 18.7 Å². The van der Waals surface area contributed by atoms with Gasteiger partial charge in [-0.15, -0.1) is 11.8 Å². The van der Waals surface area contributed by atoms with Crippen LogP contribution in [0.15, 0.2) is 41.3 Å². The molecule has 0 radical (unpaired) electrons. The lowest BCUT2D eigenvalue weighted by atomic mass is 10.1. The zero-order valence-corrected chi connectivity index (χ0v) is 14.3. The molecule has 2 rings (SSSR count). The number of nitrogens with two attached hydrogens (primary N) is 1. The molecular weight excluding hydrogens is 352 g/mol. The van der Waals surface area contributed by atoms with Gasteiger partial charge in [0.25, 0.3) is 5.91 Å².